The van der Waals surface area contributed by atoms with Gasteiger partial charge in [-0.15, -0.1) is 0 Å². The van der Waals surface area contributed by atoms with E-state index in [-0.39, 0.29) is 17.6 Å². The lowest BCUT2D eigenvalue weighted by molar-refractivity contribution is -0.0225. The van der Waals surface area contributed by atoms with E-state index in [4.69, 9.17) is 15.6 Å². The summed E-state index contributed by atoms with van der Waals surface area (Å²) in [4.78, 5) is 0. The SMILES string of the molecule is CC(CN)(CO)CCOC(C)(C)C. The second-order valence-electron chi connectivity index (χ2n) is 4.88. The Morgan fingerprint density at radius 3 is 2.08 bits per heavy atom. The van der Waals surface area contributed by atoms with E-state index >= 15 is 0 Å². The van der Waals surface area contributed by atoms with Crippen LogP contribution in [0.15, 0.2) is 0 Å². The number of rotatable bonds is 5. The monoisotopic (exact) mass is 189 g/mol. The Balaban J connectivity index is 3.74. The van der Waals surface area contributed by atoms with Crippen LogP contribution in [0.3, 0.4) is 0 Å². The average Bonchev–Trinajstić information content (AvgIpc) is 2.02. The fraction of sp³-hybridized carbons (Fsp3) is 1.00. The molecule has 0 spiro atoms. The standard InChI is InChI=1S/C10H23NO2/c1-9(2,3)13-6-5-10(4,7-11)8-12/h12H,5-8,11H2,1-4H3. The molecule has 0 heterocycles. The Bertz CT molecular complexity index is 136. The molecule has 0 saturated heterocycles. The number of aliphatic hydroxyl groups excluding tert-OH is 1. The normalized spacial score (nSPS) is 17.1. The molecule has 0 aliphatic carbocycles. The highest BCUT2D eigenvalue weighted by Gasteiger charge is 2.22. The molecule has 3 N–H and O–H groups in total. The minimum Gasteiger partial charge on any atom is -0.396 e. The van der Waals surface area contributed by atoms with Gasteiger partial charge in [-0.1, -0.05) is 6.92 Å². The molecule has 0 radical (unpaired) electrons. The summed E-state index contributed by atoms with van der Waals surface area (Å²) < 4.78 is 5.56. The fourth-order valence-corrected chi connectivity index (χ4v) is 0.849. The number of hydrogen-bond acceptors (Lipinski definition) is 3. The molecule has 0 aromatic heterocycles. The van der Waals surface area contributed by atoms with Crippen LogP contribution in [0.5, 0.6) is 0 Å². The Kier molecular flexibility index (Phi) is 4.89. The van der Waals surface area contributed by atoms with Gasteiger partial charge in [0.1, 0.15) is 0 Å². The first kappa shape index (κ1) is 12.9. The first-order chi connectivity index (χ1) is 5.83. The van der Waals surface area contributed by atoms with Crippen LogP contribution in [-0.4, -0.2) is 30.5 Å². The van der Waals surface area contributed by atoms with Gasteiger partial charge in [-0.2, -0.15) is 0 Å². The minimum atomic E-state index is -0.189. The molecule has 0 amide bonds. The summed E-state index contributed by atoms with van der Waals surface area (Å²) in [6, 6.07) is 0. The summed E-state index contributed by atoms with van der Waals surface area (Å²) in [5.74, 6) is 0. The highest BCUT2D eigenvalue weighted by molar-refractivity contribution is 4.74. The van der Waals surface area contributed by atoms with E-state index in [9.17, 15) is 0 Å². The first-order valence-electron chi connectivity index (χ1n) is 4.78. The van der Waals surface area contributed by atoms with Gasteiger partial charge in [-0.25, -0.2) is 0 Å². The lowest BCUT2D eigenvalue weighted by Gasteiger charge is -2.27. The molecular formula is C10H23NO2. The molecule has 3 nitrogen and oxygen atoms in total. The molecule has 0 saturated carbocycles. The van der Waals surface area contributed by atoms with Crippen molar-refractivity contribution in [3.05, 3.63) is 0 Å². The highest BCUT2D eigenvalue weighted by atomic mass is 16.5. The maximum absolute atomic E-state index is 9.08. The third kappa shape index (κ3) is 6.02. The second-order valence-corrected chi connectivity index (χ2v) is 4.88. The predicted molar refractivity (Wildman–Crippen MR) is 54.6 cm³/mol. The van der Waals surface area contributed by atoms with Crippen molar-refractivity contribution < 1.29 is 9.84 Å². The van der Waals surface area contributed by atoms with Crippen molar-refractivity contribution in [3.8, 4) is 0 Å². The summed E-state index contributed by atoms with van der Waals surface area (Å²) in [5, 5.41) is 9.08. The number of aliphatic hydroxyl groups is 1. The van der Waals surface area contributed by atoms with Gasteiger partial charge in [-0.05, 0) is 33.7 Å². The highest BCUT2D eigenvalue weighted by Crippen LogP contribution is 2.20. The van der Waals surface area contributed by atoms with Crippen molar-refractivity contribution in [2.45, 2.75) is 39.7 Å². The topological polar surface area (TPSA) is 55.5 Å². The largest absolute Gasteiger partial charge is 0.396 e. The van der Waals surface area contributed by atoms with Crippen molar-refractivity contribution in [1.29, 1.82) is 0 Å². The molecule has 0 aromatic carbocycles. The molecule has 0 aliphatic rings. The molecule has 0 fully saturated rings. The van der Waals surface area contributed by atoms with Gasteiger partial charge in [0.2, 0.25) is 0 Å². The van der Waals surface area contributed by atoms with Crippen LogP contribution in [0.1, 0.15) is 34.1 Å². The van der Waals surface area contributed by atoms with E-state index in [1.807, 2.05) is 27.7 Å². The average molecular weight is 189 g/mol. The van der Waals surface area contributed by atoms with E-state index in [0.29, 0.717) is 13.2 Å². The number of ether oxygens (including phenoxy) is 1. The van der Waals surface area contributed by atoms with Gasteiger partial charge in [0.05, 0.1) is 5.60 Å². The minimum absolute atomic E-state index is 0.106. The van der Waals surface area contributed by atoms with E-state index in [2.05, 4.69) is 0 Å². The van der Waals surface area contributed by atoms with Crippen LogP contribution < -0.4 is 5.73 Å². The fourth-order valence-electron chi connectivity index (χ4n) is 0.849. The molecule has 1 atom stereocenters. The molecule has 3 heteroatoms. The molecule has 1 unspecified atom stereocenters. The zero-order chi connectivity index (χ0) is 10.5. The summed E-state index contributed by atoms with van der Waals surface area (Å²) >= 11 is 0. The van der Waals surface area contributed by atoms with Crippen LogP contribution in [0.2, 0.25) is 0 Å². The molecular weight excluding hydrogens is 166 g/mol. The van der Waals surface area contributed by atoms with Crippen molar-refractivity contribution in [3.63, 3.8) is 0 Å². The quantitative estimate of drug-likeness (QED) is 0.682. The van der Waals surface area contributed by atoms with Gasteiger partial charge < -0.3 is 15.6 Å². The molecule has 13 heavy (non-hydrogen) atoms. The van der Waals surface area contributed by atoms with Crippen molar-refractivity contribution in [1.82, 2.24) is 0 Å². The van der Waals surface area contributed by atoms with E-state index in [1.54, 1.807) is 0 Å². The maximum atomic E-state index is 9.08. The summed E-state index contributed by atoms with van der Waals surface area (Å²) in [6.07, 6.45) is 0.803. The summed E-state index contributed by atoms with van der Waals surface area (Å²) in [5.41, 5.74) is 5.26. The van der Waals surface area contributed by atoms with E-state index in [1.165, 1.54) is 0 Å². The van der Waals surface area contributed by atoms with Gasteiger partial charge in [0, 0.05) is 18.6 Å². The van der Waals surface area contributed by atoms with Crippen LogP contribution in [0.4, 0.5) is 0 Å². The number of nitrogens with two attached hydrogens (primary N) is 1. The van der Waals surface area contributed by atoms with Gasteiger partial charge >= 0.3 is 0 Å². The summed E-state index contributed by atoms with van der Waals surface area (Å²) in [6.45, 7) is 9.30. The van der Waals surface area contributed by atoms with Crippen LogP contribution in [-0.2, 0) is 4.74 Å². The van der Waals surface area contributed by atoms with Crippen LogP contribution in [0.25, 0.3) is 0 Å². The third-order valence-corrected chi connectivity index (χ3v) is 2.12. The Morgan fingerprint density at radius 1 is 1.23 bits per heavy atom. The van der Waals surface area contributed by atoms with Crippen molar-refractivity contribution in [2.75, 3.05) is 19.8 Å². The Morgan fingerprint density at radius 2 is 1.77 bits per heavy atom. The Labute approximate surface area is 81.3 Å². The Hall–Kier alpha value is -0.120. The first-order valence-corrected chi connectivity index (χ1v) is 4.78. The van der Waals surface area contributed by atoms with Crippen molar-refractivity contribution in [2.24, 2.45) is 11.1 Å². The van der Waals surface area contributed by atoms with E-state index in [0.717, 1.165) is 6.42 Å². The van der Waals surface area contributed by atoms with Gasteiger partial charge in [-0.3, -0.25) is 0 Å². The maximum Gasteiger partial charge on any atom is 0.0598 e. The summed E-state index contributed by atoms with van der Waals surface area (Å²) in [7, 11) is 0. The van der Waals surface area contributed by atoms with Gasteiger partial charge in [0.25, 0.3) is 0 Å². The zero-order valence-corrected chi connectivity index (χ0v) is 9.26. The van der Waals surface area contributed by atoms with Crippen LogP contribution in [0, 0.1) is 5.41 Å². The number of hydrogen-bond donors (Lipinski definition) is 2. The van der Waals surface area contributed by atoms with Crippen LogP contribution >= 0.6 is 0 Å². The molecule has 0 aromatic rings. The molecule has 80 valence electrons. The predicted octanol–water partition coefficient (Wildman–Crippen LogP) is 1.15. The zero-order valence-electron chi connectivity index (χ0n) is 9.26. The van der Waals surface area contributed by atoms with Gasteiger partial charge in [0.15, 0.2) is 0 Å². The lowest BCUT2D eigenvalue weighted by atomic mass is 9.88. The third-order valence-electron chi connectivity index (χ3n) is 2.12. The molecule has 0 rings (SSSR count). The lowest BCUT2D eigenvalue weighted by Crippen LogP contribution is -2.33. The molecule has 0 aliphatic heterocycles. The smallest absolute Gasteiger partial charge is 0.0598 e. The second kappa shape index (κ2) is 4.94. The van der Waals surface area contributed by atoms with Crippen molar-refractivity contribution >= 4 is 0 Å². The molecule has 0 bridgehead atoms. The van der Waals surface area contributed by atoms with E-state index < -0.39 is 0 Å².